The first-order chi connectivity index (χ1) is 12.4. The summed E-state index contributed by atoms with van der Waals surface area (Å²) in [6.45, 7) is 2.21. The van der Waals surface area contributed by atoms with Gasteiger partial charge in [0.25, 0.3) is 0 Å². The summed E-state index contributed by atoms with van der Waals surface area (Å²) < 4.78 is 46.3. The molecule has 136 valence electrons. The van der Waals surface area contributed by atoms with Crippen molar-refractivity contribution in [3.8, 4) is 11.4 Å². The number of pyridine rings is 2. The van der Waals surface area contributed by atoms with Crippen molar-refractivity contribution in [2.75, 3.05) is 26.7 Å². The van der Waals surface area contributed by atoms with Crippen molar-refractivity contribution in [1.29, 1.82) is 0 Å². The first-order valence-electron chi connectivity index (χ1n) is 8.23. The molecule has 0 N–H and O–H groups in total. The molecule has 1 saturated heterocycles. The number of imidazole rings is 1. The van der Waals surface area contributed by atoms with Gasteiger partial charge in [-0.1, -0.05) is 6.07 Å². The summed E-state index contributed by atoms with van der Waals surface area (Å²) in [5, 5.41) is 0. The van der Waals surface area contributed by atoms with E-state index >= 15 is 0 Å². The predicted molar refractivity (Wildman–Crippen MR) is 89.6 cm³/mol. The second-order valence-corrected chi connectivity index (χ2v) is 6.36. The van der Waals surface area contributed by atoms with E-state index in [1.165, 1.54) is 16.7 Å². The third-order valence-corrected chi connectivity index (χ3v) is 4.47. The Morgan fingerprint density at radius 2 is 2.04 bits per heavy atom. The first-order valence-corrected chi connectivity index (χ1v) is 8.23. The number of nitrogens with zero attached hydrogens (tertiary/aromatic N) is 4. The second kappa shape index (κ2) is 6.37. The first kappa shape index (κ1) is 17.0. The van der Waals surface area contributed by atoms with Crippen molar-refractivity contribution < 1.29 is 17.9 Å². The van der Waals surface area contributed by atoms with Gasteiger partial charge in [0.05, 0.1) is 35.4 Å². The van der Waals surface area contributed by atoms with Crippen molar-refractivity contribution >= 4 is 5.65 Å². The van der Waals surface area contributed by atoms with Crippen LogP contribution in [0.15, 0.2) is 42.7 Å². The molecular weight excluding hydrogens is 345 g/mol. The number of hydrogen-bond donors (Lipinski definition) is 0. The molecule has 0 amide bonds. The Morgan fingerprint density at radius 3 is 2.81 bits per heavy atom. The Bertz CT molecular complexity index is 938. The summed E-state index contributed by atoms with van der Waals surface area (Å²) in [5.74, 6) is 0. The highest BCUT2D eigenvalue weighted by Gasteiger charge is 2.31. The lowest BCUT2D eigenvalue weighted by molar-refractivity contribution is -0.137. The Kier molecular flexibility index (Phi) is 4.16. The van der Waals surface area contributed by atoms with E-state index < -0.39 is 11.7 Å². The molecule has 0 bridgehead atoms. The maximum absolute atomic E-state index is 13.0. The van der Waals surface area contributed by atoms with Crippen LogP contribution in [0.4, 0.5) is 13.2 Å². The topological polar surface area (TPSA) is 42.7 Å². The van der Waals surface area contributed by atoms with Crippen LogP contribution in [0.2, 0.25) is 0 Å². The number of halogens is 3. The van der Waals surface area contributed by atoms with Gasteiger partial charge in [-0.3, -0.25) is 4.40 Å². The quantitative estimate of drug-likeness (QED) is 0.701. The highest BCUT2D eigenvalue weighted by molar-refractivity contribution is 5.60. The molecule has 4 heterocycles. The van der Waals surface area contributed by atoms with Gasteiger partial charge in [0.15, 0.2) is 0 Å². The van der Waals surface area contributed by atoms with Crippen LogP contribution >= 0.6 is 0 Å². The number of fused-ring (bicyclic) bond motifs is 1. The van der Waals surface area contributed by atoms with Gasteiger partial charge in [0, 0.05) is 19.3 Å². The molecule has 4 rings (SSSR count). The third-order valence-electron chi connectivity index (χ3n) is 4.47. The lowest BCUT2D eigenvalue weighted by Gasteiger charge is -2.29. The second-order valence-electron chi connectivity index (χ2n) is 6.36. The summed E-state index contributed by atoms with van der Waals surface area (Å²) in [6.07, 6.45) is -1.98. The Balaban J connectivity index is 1.74. The van der Waals surface area contributed by atoms with Crippen molar-refractivity contribution in [3.05, 3.63) is 54.0 Å². The minimum Gasteiger partial charge on any atom is -0.369 e. The molecule has 1 fully saturated rings. The van der Waals surface area contributed by atoms with E-state index in [4.69, 9.17) is 4.74 Å². The lowest BCUT2D eigenvalue weighted by atomic mass is 10.1. The molecule has 3 aromatic heterocycles. The zero-order chi connectivity index (χ0) is 18.3. The molecule has 8 heteroatoms. The van der Waals surface area contributed by atoms with Gasteiger partial charge in [0.2, 0.25) is 0 Å². The van der Waals surface area contributed by atoms with Crippen LogP contribution in [0, 0.1) is 0 Å². The minimum atomic E-state index is -4.41. The Morgan fingerprint density at radius 1 is 1.19 bits per heavy atom. The molecule has 1 atom stereocenters. The summed E-state index contributed by atoms with van der Waals surface area (Å²) in [5.41, 5.74) is 1.55. The van der Waals surface area contributed by atoms with Crippen LogP contribution in [0.3, 0.4) is 0 Å². The predicted octanol–water partition coefficient (Wildman–Crippen LogP) is 3.42. The number of hydrogen-bond acceptors (Lipinski definition) is 4. The zero-order valence-electron chi connectivity index (χ0n) is 14.1. The highest BCUT2D eigenvalue weighted by atomic mass is 19.4. The standard InChI is InChI=1S/C18H17F3N4O/c1-24-7-8-26-16(11-24)14-4-2-3-13(23-14)15-9-22-17-6-5-12(10-25(15)17)18(19,20)21/h2-6,9-10,16H,7-8,11H2,1H3/t16-/m1/s1. The van der Waals surface area contributed by atoms with Crippen molar-refractivity contribution in [3.63, 3.8) is 0 Å². The average Bonchev–Trinajstić information content (AvgIpc) is 3.04. The van der Waals surface area contributed by atoms with Gasteiger partial charge in [-0.2, -0.15) is 13.2 Å². The summed E-state index contributed by atoms with van der Waals surface area (Å²) in [7, 11) is 2.02. The fraction of sp³-hybridized carbons (Fsp3) is 0.333. The van der Waals surface area contributed by atoms with E-state index in [-0.39, 0.29) is 6.10 Å². The number of morpholine rings is 1. The molecular formula is C18H17F3N4O. The SMILES string of the molecule is CN1CCO[C@@H](c2cccc(-c3cnc4ccc(C(F)(F)F)cn34)n2)C1. The van der Waals surface area contributed by atoms with Crippen molar-refractivity contribution in [2.24, 2.45) is 0 Å². The normalized spacial score (nSPS) is 19.2. The smallest absolute Gasteiger partial charge is 0.369 e. The average molecular weight is 362 g/mol. The van der Waals surface area contributed by atoms with E-state index in [1.807, 2.05) is 19.2 Å². The number of alkyl halides is 3. The molecule has 0 radical (unpaired) electrons. The lowest BCUT2D eigenvalue weighted by Crippen LogP contribution is -2.35. The fourth-order valence-electron chi connectivity index (χ4n) is 3.07. The molecule has 1 aliphatic rings. The Hall–Kier alpha value is -2.45. The fourth-order valence-corrected chi connectivity index (χ4v) is 3.07. The number of likely N-dealkylation sites (N-methyl/N-ethyl adjacent to an activating group) is 1. The van der Waals surface area contributed by atoms with Crippen molar-refractivity contribution in [2.45, 2.75) is 12.3 Å². The van der Waals surface area contributed by atoms with Crippen LogP contribution in [0.25, 0.3) is 17.0 Å². The molecule has 26 heavy (non-hydrogen) atoms. The van der Waals surface area contributed by atoms with Gasteiger partial charge >= 0.3 is 6.18 Å². The van der Waals surface area contributed by atoms with Crippen LogP contribution in [-0.4, -0.2) is 46.0 Å². The van der Waals surface area contributed by atoms with E-state index in [2.05, 4.69) is 14.9 Å². The van der Waals surface area contributed by atoms with Gasteiger partial charge in [0.1, 0.15) is 11.8 Å². The largest absolute Gasteiger partial charge is 0.417 e. The van der Waals surface area contributed by atoms with E-state index in [1.54, 1.807) is 6.07 Å². The van der Waals surface area contributed by atoms with Gasteiger partial charge in [-0.05, 0) is 31.3 Å². The molecule has 3 aromatic rings. The third kappa shape index (κ3) is 3.17. The molecule has 0 spiro atoms. The molecule has 0 saturated carbocycles. The van der Waals surface area contributed by atoms with Gasteiger partial charge in [-0.25, -0.2) is 9.97 Å². The van der Waals surface area contributed by atoms with E-state index in [0.717, 1.165) is 31.0 Å². The van der Waals surface area contributed by atoms with Crippen LogP contribution < -0.4 is 0 Å². The van der Waals surface area contributed by atoms with Crippen LogP contribution in [0.1, 0.15) is 17.4 Å². The molecule has 1 aliphatic heterocycles. The number of rotatable bonds is 2. The monoisotopic (exact) mass is 362 g/mol. The molecule has 0 aliphatic carbocycles. The zero-order valence-corrected chi connectivity index (χ0v) is 14.1. The van der Waals surface area contributed by atoms with Crippen molar-refractivity contribution in [1.82, 2.24) is 19.3 Å². The maximum atomic E-state index is 13.0. The van der Waals surface area contributed by atoms with Crippen LogP contribution in [-0.2, 0) is 10.9 Å². The van der Waals surface area contributed by atoms with E-state index in [0.29, 0.717) is 23.6 Å². The summed E-state index contributed by atoms with van der Waals surface area (Å²) >= 11 is 0. The molecule has 0 aromatic carbocycles. The molecule has 0 unspecified atom stereocenters. The van der Waals surface area contributed by atoms with Gasteiger partial charge in [-0.15, -0.1) is 0 Å². The summed E-state index contributed by atoms with van der Waals surface area (Å²) in [4.78, 5) is 11.0. The summed E-state index contributed by atoms with van der Waals surface area (Å²) in [6, 6.07) is 7.86. The Labute approximate surface area is 148 Å². The van der Waals surface area contributed by atoms with Crippen LogP contribution in [0.5, 0.6) is 0 Å². The highest BCUT2D eigenvalue weighted by Crippen LogP contribution is 2.31. The number of ether oxygens (including phenoxy) is 1. The van der Waals surface area contributed by atoms with Gasteiger partial charge < -0.3 is 9.64 Å². The minimum absolute atomic E-state index is 0.154. The van der Waals surface area contributed by atoms with E-state index in [9.17, 15) is 13.2 Å². The maximum Gasteiger partial charge on any atom is 0.417 e. The molecule has 5 nitrogen and oxygen atoms in total. The number of aromatic nitrogens is 3.